The lowest BCUT2D eigenvalue weighted by molar-refractivity contribution is -0.122. The number of methoxy groups -OCH3 is 1. The van der Waals surface area contributed by atoms with Gasteiger partial charge in [0, 0.05) is 12.0 Å². The van der Waals surface area contributed by atoms with Crippen LogP contribution in [0.25, 0.3) is 0 Å². The molecular formula is C14H22N2O2. The Morgan fingerprint density at radius 3 is 2.67 bits per heavy atom. The first-order valence-electron chi connectivity index (χ1n) is 6.20. The van der Waals surface area contributed by atoms with Gasteiger partial charge in [-0.2, -0.15) is 0 Å². The number of ether oxygens (including phenoxy) is 1. The Morgan fingerprint density at radius 1 is 1.39 bits per heavy atom. The molecule has 0 radical (unpaired) electrons. The summed E-state index contributed by atoms with van der Waals surface area (Å²) in [7, 11) is 1.63. The van der Waals surface area contributed by atoms with Crippen LogP contribution in [0.5, 0.6) is 5.75 Å². The summed E-state index contributed by atoms with van der Waals surface area (Å²) in [6.45, 7) is 4.44. The summed E-state index contributed by atoms with van der Waals surface area (Å²) in [5, 5.41) is 2.96. The highest BCUT2D eigenvalue weighted by Crippen LogP contribution is 2.24. The van der Waals surface area contributed by atoms with Crippen molar-refractivity contribution in [3.8, 4) is 5.75 Å². The maximum Gasteiger partial charge on any atom is 0.220 e. The summed E-state index contributed by atoms with van der Waals surface area (Å²) < 4.78 is 5.28. The van der Waals surface area contributed by atoms with Crippen LogP contribution in [0.1, 0.15) is 31.9 Å². The van der Waals surface area contributed by atoms with Crippen molar-refractivity contribution < 1.29 is 9.53 Å². The van der Waals surface area contributed by atoms with Crippen molar-refractivity contribution in [3.63, 3.8) is 0 Å². The Labute approximate surface area is 109 Å². The van der Waals surface area contributed by atoms with Gasteiger partial charge in [0.25, 0.3) is 0 Å². The second-order valence-corrected chi connectivity index (χ2v) is 4.58. The van der Waals surface area contributed by atoms with Crippen LogP contribution in [0.4, 0.5) is 0 Å². The molecule has 1 rings (SSSR count). The fourth-order valence-corrected chi connectivity index (χ4v) is 1.80. The number of rotatable bonds is 6. The number of hydrogen-bond acceptors (Lipinski definition) is 3. The van der Waals surface area contributed by atoms with Crippen molar-refractivity contribution in [2.24, 2.45) is 11.7 Å². The normalized spacial score (nSPS) is 13.8. The molecule has 1 aromatic rings. The first kappa shape index (κ1) is 14.5. The second-order valence-electron chi connectivity index (χ2n) is 4.58. The van der Waals surface area contributed by atoms with Crippen LogP contribution in [0, 0.1) is 5.92 Å². The Bertz CT molecular complexity index is 393. The molecule has 0 aromatic heterocycles. The number of benzene rings is 1. The molecule has 4 nitrogen and oxygen atoms in total. The van der Waals surface area contributed by atoms with E-state index in [1.54, 1.807) is 7.11 Å². The number of nitrogens with two attached hydrogens (primary N) is 1. The average Bonchev–Trinajstić information content (AvgIpc) is 2.38. The standard InChI is InChI=1S/C14H22N2O2/c1-10(9-15)8-14(17)16-11(2)12-6-4-5-7-13(12)18-3/h4-7,10-11H,8-9,15H2,1-3H3,(H,16,17)/t10?,11-/m0/s1. The molecule has 0 saturated heterocycles. The molecule has 0 heterocycles. The molecule has 100 valence electrons. The third-order valence-corrected chi connectivity index (χ3v) is 2.92. The minimum Gasteiger partial charge on any atom is -0.496 e. The second kappa shape index (κ2) is 7.01. The number of hydrogen-bond donors (Lipinski definition) is 2. The zero-order valence-corrected chi connectivity index (χ0v) is 11.3. The van der Waals surface area contributed by atoms with Gasteiger partial charge in [-0.15, -0.1) is 0 Å². The van der Waals surface area contributed by atoms with E-state index in [1.807, 2.05) is 38.1 Å². The van der Waals surface area contributed by atoms with E-state index in [4.69, 9.17) is 10.5 Å². The van der Waals surface area contributed by atoms with Crippen LogP contribution in [0.2, 0.25) is 0 Å². The van der Waals surface area contributed by atoms with E-state index < -0.39 is 0 Å². The monoisotopic (exact) mass is 250 g/mol. The number of carbonyl (C=O) groups is 1. The molecule has 4 heteroatoms. The van der Waals surface area contributed by atoms with Crippen molar-refractivity contribution in [2.75, 3.05) is 13.7 Å². The van der Waals surface area contributed by atoms with Gasteiger partial charge in [-0.1, -0.05) is 25.1 Å². The molecule has 0 aliphatic rings. The summed E-state index contributed by atoms with van der Waals surface area (Å²) in [4.78, 5) is 11.8. The molecule has 0 fully saturated rings. The molecule has 1 aromatic carbocycles. The van der Waals surface area contributed by atoms with Crippen LogP contribution in [0.15, 0.2) is 24.3 Å². The summed E-state index contributed by atoms with van der Waals surface area (Å²) in [6, 6.07) is 7.62. The lowest BCUT2D eigenvalue weighted by atomic mass is 10.1. The molecule has 0 saturated carbocycles. The van der Waals surface area contributed by atoms with Crippen LogP contribution in [-0.2, 0) is 4.79 Å². The molecule has 0 aliphatic carbocycles. The third-order valence-electron chi connectivity index (χ3n) is 2.92. The predicted molar refractivity (Wildman–Crippen MR) is 72.4 cm³/mol. The summed E-state index contributed by atoms with van der Waals surface area (Å²) in [5.41, 5.74) is 6.49. The fourth-order valence-electron chi connectivity index (χ4n) is 1.80. The highest BCUT2D eigenvalue weighted by molar-refractivity contribution is 5.76. The molecule has 1 unspecified atom stereocenters. The molecule has 0 bridgehead atoms. The minimum absolute atomic E-state index is 0.0198. The maximum absolute atomic E-state index is 11.8. The van der Waals surface area contributed by atoms with Crippen molar-refractivity contribution in [3.05, 3.63) is 29.8 Å². The topological polar surface area (TPSA) is 64.3 Å². The van der Waals surface area contributed by atoms with Crippen molar-refractivity contribution in [1.29, 1.82) is 0 Å². The van der Waals surface area contributed by atoms with Gasteiger partial charge in [-0.3, -0.25) is 4.79 Å². The average molecular weight is 250 g/mol. The van der Waals surface area contributed by atoms with Crippen LogP contribution in [0.3, 0.4) is 0 Å². The van der Waals surface area contributed by atoms with Gasteiger partial charge in [0.2, 0.25) is 5.91 Å². The minimum atomic E-state index is -0.0707. The summed E-state index contributed by atoms with van der Waals surface area (Å²) in [5.74, 6) is 1.01. The van der Waals surface area contributed by atoms with E-state index in [0.717, 1.165) is 11.3 Å². The van der Waals surface area contributed by atoms with Gasteiger partial charge in [-0.25, -0.2) is 0 Å². The van der Waals surface area contributed by atoms with Crippen LogP contribution < -0.4 is 15.8 Å². The Hall–Kier alpha value is -1.55. The van der Waals surface area contributed by atoms with Gasteiger partial charge in [-0.05, 0) is 25.5 Å². The van der Waals surface area contributed by atoms with Crippen LogP contribution >= 0.6 is 0 Å². The lowest BCUT2D eigenvalue weighted by Crippen LogP contribution is -2.29. The SMILES string of the molecule is COc1ccccc1[C@H](C)NC(=O)CC(C)CN. The molecule has 0 spiro atoms. The quantitative estimate of drug-likeness (QED) is 0.810. The van der Waals surface area contributed by atoms with E-state index in [2.05, 4.69) is 5.32 Å². The number of nitrogens with one attached hydrogen (secondary N) is 1. The number of carbonyl (C=O) groups excluding carboxylic acids is 1. The molecule has 1 amide bonds. The zero-order valence-electron chi connectivity index (χ0n) is 11.3. The molecule has 0 aliphatic heterocycles. The largest absolute Gasteiger partial charge is 0.496 e. The van der Waals surface area contributed by atoms with Crippen molar-refractivity contribution in [1.82, 2.24) is 5.32 Å². The van der Waals surface area contributed by atoms with E-state index >= 15 is 0 Å². The van der Waals surface area contributed by atoms with E-state index in [1.165, 1.54) is 0 Å². The smallest absolute Gasteiger partial charge is 0.220 e. The number of amides is 1. The van der Waals surface area contributed by atoms with Crippen LogP contribution in [-0.4, -0.2) is 19.6 Å². The molecule has 3 N–H and O–H groups in total. The Kier molecular flexibility index (Phi) is 5.65. The highest BCUT2D eigenvalue weighted by Gasteiger charge is 2.14. The molecular weight excluding hydrogens is 228 g/mol. The first-order chi connectivity index (χ1) is 8.58. The van der Waals surface area contributed by atoms with Gasteiger partial charge in [0.15, 0.2) is 0 Å². The van der Waals surface area contributed by atoms with E-state index in [-0.39, 0.29) is 17.9 Å². The van der Waals surface area contributed by atoms with Crippen molar-refractivity contribution >= 4 is 5.91 Å². The number of para-hydroxylation sites is 1. The van der Waals surface area contributed by atoms with Gasteiger partial charge in [0.1, 0.15) is 5.75 Å². The van der Waals surface area contributed by atoms with E-state index in [0.29, 0.717) is 13.0 Å². The summed E-state index contributed by atoms with van der Waals surface area (Å²) in [6.07, 6.45) is 0.454. The Morgan fingerprint density at radius 2 is 2.06 bits per heavy atom. The maximum atomic E-state index is 11.8. The Balaban J connectivity index is 2.64. The first-order valence-corrected chi connectivity index (χ1v) is 6.20. The summed E-state index contributed by atoms with van der Waals surface area (Å²) >= 11 is 0. The highest BCUT2D eigenvalue weighted by atomic mass is 16.5. The lowest BCUT2D eigenvalue weighted by Gasteiger charge is -2.18. The zero-order chi connectivity index (χ0) is 13.5. The fraction of sp³-hybridized carbons (Fsp3) is 0.500. The van der Waals surface area contributed by atoms with E-state index in [9.17, 15) is 4.79 Å². The van der Waals surface area contributed by atoms with Gasteiger partial charge < -0.3 is 15.8 Å². The molecule has 18 heavy (non-hydrogen) atoms. The van der Waals surface area contributed by atoms with Crippen molar-refractivity contribution in [2.45, 2.75) is 26.3 Å². The predicted octanol–water partition coefficient (Wildman–Crippen LogP) is 1.86. The van der Waals surface area contributed by atoms with Gasteiger partial charge >= 0.3 is 0 Å². The third kappa shape index (κ3) is 4.04. The molecule has 2 atom stereocenters. The van der Waals surface area contributed by atoms with Gasteiger partial charge in [0.05, 0.1) is 13.2 Å².